The van der Waals surface area contributed by atoms with Crippen LogP contribution in [-0.2, 0) is 11.3 Å². The van der Waals surface area contributed by atoms with Crippen molar-refractivity contribution in [2.45, 2.75) is 19.1 Å². The molecule has 0 amide bonds. The van der Waals surface area contributed by atoms with Crippen LogP contribution in [0.15, 0.2) is 42.5 Å². The Morgan fingerprint density at radius 3 is 2.80 bits per heavy atom. The van der Waals surface area contributed by atoms with E-state index in [9.17, 15) is 5.11 Å². The summed E-state index contributed by atoms with van der Waals surface area (Å²) in [6, 6.07) is 14.8. The molecule has 1 aliphatic rings. The number of piperidine rings is 1. The minimum absolute atomic E-state index is 0.201. The highest BCUT2D eigenvalue weighted by atomic mass is 16.5. The number of nitrogens with one attached hydrogen (secondary N) is 1. The zero-order valence-electron chi connectivity index (χ0n) is 11.6. The van der Waals surface area contributed by atoms with Crippen LogP contribution in [0.4, 0.5) is 0 Å². The monoisotopic (exact) mass is 271 g/mol. The minimum Gasteiger partial charge on any atom is -0.396 e. The van der Waals surface area contributed by atoms with E-state index >= 15 is 0 Å². The van der Waals surface area contributed by atoms with Crippen LogP contribution in [-0.4, -0.2) is 30.9 Å². The minimum atomic E-state index is 0.201. The molecular weight excluding hydrogens is 250 g/mol. The van der Waals surface area contributed by atoms with Crippen molar-refractivity contribution in [1.82, 2.24) is 5.32 Å². The van der Waals surface area contributed by atoms with Crippen molar-refractivity contribution >= 4 is 10.8 Å². The largest absolute Gasteiger partial charge is 0.396 e. The third kappa shape index (κ3) is 3.18. The van der Waals surface area contributed by atoms with Gasteiger partial charge in [0.25, 0.3) is 0 Å². The summed E-state index contributed by atoms with van der Waals surface area (Å²) in [5, 5.41) is 15.0. The number of aliphatic hydroxyl groups is 1. The third-order valence-electron chi connectivity index (χ3n) is 3.96. The Balaban J connectivity index is 1.61. The van der Waals surface area contributed by atoms with E-state index in [0.717, 1.165) is 19.5 Å². The molecule has 1 heterocycles. The molecule has 2 unspecified atom stereocenters. The quantitative estimate of drug-likeness (QED) is 0.896. The van der Waals surface area contributed by atoms with Crippen LogP contribution in [0.2, 0.25) is 0 Å². The highest BCUT2D eigenvalue weighted by Gasteiger charge is 2.21. The smallest absolute Gasteiger partial charge is 0.0721 e. The predicted octanol–water partition coefficient (Wildman–Crippen LogP) is 2.33. The number of aliphatic hydroxyl groups excluding tert-OH is 1. The van der Waals surface area contributed by atoms with Gasteiger partial charge in [-0.2, -0.15) is 0 Å². The Morgan fingerprint density at radius 1 is 1.10 bits per heavy atom. The predicted molar refractivity (Wildman–Crippen MR) is 80.6 cm³/mol. The van der Waals surface area contributed by atoms with Crippen LogP contribution in [0.25, 0.3) is 10.8 Å². The lowest BCUT2D eigenvalue weighted by Gasteiger charge is -2.28. The Morgan fingerprint density at radius 2 is 1.95 bits per heavy atom. The zero-order valence-corrected chi connectivity index (χ0v) is 11.6. The average Bonchev–Trinajstić information content (AvgIpc) is 2.53. The van der Waals surface area contributed by atoms with E-state index in [1.54, 1.807) is 0 Å². The highest BCUT2D eigenvalue weighted by Crippen LogP contribution is 2.18. The van der Waals surface area contributed by atoms with E-state index in [4.69, 9.17) is 4.74 Å². The molecular formula is C17H21NO2. The molecule has 0 aromatic heterocycles. The summed E-state index contributed by atoms with van der Waals surface area (Å²) in [5.74, 6) is 0.324. The SMILES string of the molecule is OCC1CNCC(OCc2ccc3ccccc3c2)C1. The zero-order chi connectivity index (χ0) is 13.8. The molecule has 0 radical (unpaired) electrons. The van der Waals surface area contributed by atoms with Gasteiger partial charge in [-0.05, 0) is 34.7 Å². The van der Waals surface area contributed by atoms with E-state index in [1.165, 1.54) is 16.3 Å². The van der Waals surface area contributed by atoms with Crippen LogP contribution in [0, 0.1) is 5.92 Å². The summed E-state index contributed by atoms with van der Waals surface area (Å²) in [5.41, 5.74) is 1.20. The molecule has 0 aliphatic carbocycles. The van der Waals surface area contributed by atoms with Crippen molar-refractivity contribution < 1.29 is 9.84 Å². The highest BCUT2D eigenvalue weighted by molar-refractivity contribution is 5.82. The molecule has 0 spiro atoms. The number of fused-ring (bicyclic) bond motifs is 1. The Kier molecular flexibility index (Phi) is 4.31. The molecule has 1 saturated heterocycles. The van der Waals surface area contributed by atoms with Gasteiger partial charge in [0.1, 0.15) is 0 Å². The van der Waals surface area contributed by atoms with E-state index < -0.39 is 0 Å². The van der Waals surface area contributed by atoms with Crippen LogP contribution >= 0.6 is 0 Å². The first-order chi connectivity index (χ1) is 9.85. The number of ether oxygens (including phenoxy) is 1. The lowest BCUT2D eigenvalue weighted by Crippen LogP contribution is -2.41. The van der Waals surface area contributed by atoms with E-state index in [1.807, 2.05) is 0 Å². The van der Waals surface area contributed by atoms with Crippen molar-refractivity contribution in [2.24, 2.45) is 5.92 Å². The lowest BCUT2D eigenvalue weighted by atomic mass is 9.98. The molecule has 20 heavy (non-hydrogen) atoms. The van der Waals surface area contributed by atoms with Crippen molar-refractivity contribution in [3.05, 3.63) is 48.0 Å². The first-order valence-corrected chi connectivity index (χ1v) is 7.26. The molecule has 2 atom stereocenters. The van der Waals surface area contributed by atoms with Gasteiger partial charge in [-0.3, -0.25) is 0 Å². The Hall–Kier alpha value is -1.42. The summed E-state index contributed by atoms with van der Waals surface area (Å²) in [7, 11) is 0. The van der Waals surface area contributed by atoms with E-state index in [0.29, 0.717) is 12.5 Å². The molecule has 2 aromatic rings. The third-order valence-corrected chi connectivity index (χ3v) is 3.96. The van der Waals surface area contributed by atoms with Crippen LogP contribution in [0.1, 0.15) is 12.0 Å². The standard InChI is InChI=1S/C17H21NO2/c19-11-14-8-17(10-18-9-14)20-12-13-5-6-15-3-1-2-4-16(15)7-13/h1-7,14,17-19H,8-12H2. The maximum atomic E-state index is 9.22. The molecule has 2 N–H and O–H groups in total. The van der Waals surface area contributed by atoms with E-state index in [2.05, 4.69) is 47.8 Å². The van der Waals surface area contributed by atoms with Gasteiger partial charge in [0.05, 0.1) is 12.7 Å². The normalized spacial score (nSPS) is 23.1. The molecule has 0 bridgehead atoms. The topological polar surface area (TPSA) is 41.5 Å². The Labute approximate surface area is 119 Å². The maximum absolute atomic E-state index is 9.22. The molecule has 2 aromatic carbocycles. The van der Waals surface area contributed by atoms with E-state index in [-0.39, 0.29) is 12.7 Å². The summed E-state index contributed by atoms with van der Waals surface area (Å²) in [6.07, 6.45) is 1.14. The second-order valence-electron chi connectivity index (χ2n) is 5.56. The van der Waals surface area contributed by atoms with Crippen LogP contribution in [0.3, 0.4) is 0 Å². The van der Waals surface area contributed by atoms with Gasteiger partial charge in [-0.1, -0.05) is 36.4 Å². The molecule has 3 rings (SSSR count). The average molecular weight is 271 g/mol. The van der Waals surface area contributed by atoms with Crippen molar-refractivity contribution in [2.75, 3.05) is 19.7 Å². The Bertz CT molecular complexity index is 570. The van der Waals surface area contributed by atoms with Gasteiger partial charge in [0.2, 0.25) is 0 Å². The summed E-state index contributed by atoms with van der Waals surface area (Å²) < 4.78 is 5.98. The molecule has 3 nitrogen and oxygen atoms in total. The summed E-state index contributed by atoms with van der Waals surface area (Å²) in [4.78, 5) is 0. The first kappa shape index (κ1) is 13.6. The molecule has 1 fully saturated rings. The van der Waals surface area contributed by atoms with Gasteiger partial charge in [0.15, 0.2) is 0 Å². The molecule has 0 saturated carbocycles. The fourth-order valence-electron chi connectivity index (χ4n) is 2.80. The molecule has 1 aliphatic heterocycles. The van der Waals surface area contributed by atoms with Crippen molar-refractivity contribution in [1.29, 1.82) is 0 Å². The van der Waals surface area contributed by atoms with Gasteiger partial charge in [0, 0.05) is 19.7 Å². The van der Waals surface area contributed by atoms with Gasteiger partial charge in [-0.25, -0.2) is 0 Å². The number of hydrogen-bond donors (Lipinski definition) is 2. The summed E-state index contributed by atoms with van der Waals surface area (Å²) >= 11 is 0. The first-order valence-electron chi connectivity index (χ1n) is 7.26. The number of hydrogen-bond acceptors (Lipinski definition) is 3. The number of rotatable bonds is 4. The number of benzene rings is 2. The van der Waals surface area contributed by atoms with Crippen molar-refractivity contribution in [3.63, 3.8) is 0 Å². The van der Waals surface area contributed by atoms with Gasteiger partial charge >= 0.3 is 0 Å². The van der Waals surface area contributed by atoms with Gasteiger partial charge < -0.3 is 15.2 Å². The summed E-state index contributed by atoms with van der Waals surface area (Å²) in [6.45, 7) is 2.65. The second-order valence-corrected chi connectivity index (χ2v) is 5.56. The lowest BCUT2D eigenvalue weighted by molar-refractivity contribution is 0.00309. The van der Waals surface area contributed by atoms with Crippen LogP contribution in [0.5, 0.6) is 0 Å². The molecule has 106 valence electrons. The maximum Gasteiger partial charge on any atom is 0.0721 e. The van der Waals surface area contributed by atoms with Gasteiger partial charge in [-0.15, -0.1) is 0 Å². The van der Waals surface area contributed by atoms with Crippen LogP contribution < -0.4 is 5.32 Å². The second kappa shape index (κ2) is 6.35. The fourth-order valence-corrected chi connectivity index (χ4v) is 2.80. The fraction of sp³-hybridized carbons (Fsp3) is 0.412. The molecule has 3 heteroatoms. The van der Waals surface area contributed by atoms with Crippen molar-refractivity contribution in [3.8, 4) is 0 Å².